The Kier molecular flexibility index (Phi) is 3.58. The maximum Gasteiger partial charge on any atom is 0.200 e. The van der Waals surface area contributed by atoms with Gasteiger partial charge in [-0.3, -0.25) is 4.79 Å². The lowest BCUT2D eigenvalue weighted by Crippen LogP contribution is -2.30. The number of ketones is 1. The lowest BCUT2D eigenvalue weighted by atomic mass is 10.3. The summed E-state index contributed by atoms with van der Waals surface area (Å²) in [5.74, 6) is -4.50. The molecular weight excluding hydrogens is 152 g/mol. The number of carboxylic acids is 2. The maximum absolute atomic E-state index is 10.2. The highest BCUT2D eigenvalue weighted by atomic mass is 16.4. The maximum atomic E-state index is 10.2. The second-order valence-corrected chi connectivity index (χ2v) is 1.63. The Morgan fingerprint density at radius 3 is 2.09 bits per heavy atom. The fourth-order valence-corrected chi connectivity index (χ4v) is 0.330. The molecule has 0 aliphatic heterocycles. The van der Waals surface area contributed by atoms with E-state index in [1.807, 2.05) is 0 Å². The Hall–Kier alpha value is -1.65. The molecule has 0 heterocycles. The van der Waals surface area contributed by atoms with Crippen molar-refractivity contribution in [3.05, 3.63) is 12.2 Å². The predicted molar refractivity (Wildman–Crippen MR) is 28.8 cm³/mol. The van der Waals surface area contributed by atoms with Crippen LogP contribution in [-0.2, 0) is 14.4 Å². The summed E-state index contributed by atoms with van der Waals surface area (Å²) in [6.07, 6.45) is 1.01. The first-order valence-corrected chi connectivity index (χ1v) is 2.65. The van der Waals surface area contributed by atoms with Crippen LogP contribution in [0.15, 0.2) is 12.2 Å². The van der Waals surface area contributed by atoms with E-state index in [2.05, 4.69) is 0 Å². The molecule has 5 nitrogen and oxygen atoms in total. The van der Waals surface area contributed by atoms with E-state index in [-0.39, 0.29) is 0 Å². The summed E-state index contributed by atoms with van der Waals surface area (Å²) in [4.78, 5) is 29.6. The van der Waals surface area contributed by atoms with E-state index in [4.69, 9.17) is 0 Å². The van der Waals surface area contributed by atoms with Crippen LogP contribution in [-0.4, -0.2) is 17.7 Å². The molecule has 0 radical (unpaired) electrons. The highest BCUT2D eigenvalue weighted by molar-refractivity contribution is 6.36. The number of carbonyl (C=O) groups excluding carboxylic acids is 3. The van der Waals surface area contributed by atoms with Gasteiger partial charge in [-0.1, -0.05) is 6.08 Å². The van der Waals surface area contributed by atoms with Gasteiger partial charge in [0.25, 0.3) is 0 Å². The molecular formula is C6H4O5-2. The minimum absolute atomic E-state index is 0.487. The Morgan fingerprint density at radius 2 is 1.73 bits per heavy atom. The van der Waals surface area contributed by atoms with Gasteiger partial charge in [-0.25, -0.2) is 0 Å². The van der Waals surface area contributed by atoms with Crippen molar-refractivity contribution in [2.45, 2.75) is 6.42 Å². The van der Waals surface area contributed by atoms with Crippen LogP contribution in [0.2, 0.25) is 0 Å². The standard InChI is InChI=1S/C6H6O5/c7-4(6(10)11)2-1-3-5(8)9/h1-2H,3H2,(H,8,9)(H,10,11)/p-2/b2-1-. The summed E-state index contributed by atoms with van der Waals surface area (Å²) < 4.78 is 0. The molecule has 0 spiro atoms. The molecule has 0 aromatic carbocycles. The van der Waals surface area contributed by atoms with E-state index in [1.165, 1.54) is 0 Å². The first-order valence-electron chi connectivity index (χ1n) is 2.65. The molecule has 0 unspecified atom stereocenters. The summed E-state index contributed by atoms with van der Waals surface area (Å²) in [5.41, 5.74) is 0. The molecule has 0 fully saturated rings. The van der Waals surface area contributed by atoms with Gasteiger partial charge in [-0.2, -0.15) is 0 Å². The van der Waals surface area contributed by atoms with Gasteiger partial charge in [0, 0.05) is 12.4 Å². The SMILES string of the molecule is O=C([O-])C/C=C\C(=O)C(=O)[O-]. The first-order chi connectivity index (χ1) is 5.04. The summed E-state index contributed by atoms with van der Waals surface area (Å²) in [5, 5.41) is 19.4. The Morgan fingerprint density at radius 1 is 1.18 bits per heavy atom. The Bertz CT molecular complexity index is 215. The van der Waals surface area contributed by atoms with Crippen molar-refractivity contribution in [3.63, 3.8) is 0 Å². The van der Waals surface area contributed by atoms with Crippen molar-refractivity contribution in [2.75, 3.05) is 0 Å². The third-order valence-corrected chi connectivity index (χ3v) is 0.755. The van der Waals surface area contributed by atoms with Crippen molar-refractivity contribution in [1.82, 2.24) is 0 Å². The van der Waals surface area contributed by atoms with Gasteiger partial charge in [0.15, 0.2) is 0 Å². The van der Waals surface area contributed by atoms with Crippen LogP contribution in [0.25, 0.3) is 0 Å². The molecule has 0 aliphatic rings. The van der Waals surface area contributed by atoms with Gasteiger partial charge in [-0.15, -0.1) is 0 Å². The zero-order chi connectivity index (χ0) is 8.85. The van der Waals surface area contributed by atoms with Crippen molar-refractivity contribution < 1.29 is 24.6 Å². The number of hydrogen-bond donors (Lipinski definition) is 0. The largest absolute Gasteiger partial charge is 0.550 e. The van der Waals surface area contributed by atoms with Gasteiger partial charge in [0.1, 0.15) is 5.97 Å². The van der Waals surface area contributed by atoms with Gasteiger partial charge in [0.2, 0.25) is 5.78 Å². The molecule has 0 aromatic rings. The van der Waals surface area contributed by atoms with E-state index in [1.54, 1.807) is 0 Å². The van der Waals surface area contributed by atoms with E-state index >= 15 is 0 Å². The highest BCUT2D eigenvalue weighted by Crippen LogP contribution is 1.81. The second kappa shape index (κ2) is 4.21. The van der Waals surface area contributed by atoms with Crippen molar-refractivity contribution in [1.29, 1.82) is 0 Å². The monoisotopic (exact) mass is 156 g/mol. The predicted octanol–water partition coefficient (Wildman–Crippen LogP) is -3.00. The average molecular weight is 156 g/mol. The molecule has 5 heteroatoms. The lowest BCUT2D eigenvalue weighted by molar-refractivity contribution is -0.304. The van der Waals surface area contributed by atoms with Crippen molar-refractivity contribution in [3.8, 4) is 0 Å². The third kappa shape index (κ3) is 4.83. The molecule has 0 saturated carbocycles. The number of rotatable bonds is 4. The minimum Gasteiger partial charge on any atom is -0.550 e. The van der Waals surface area contributed by atoms with E-state index in [0.29, 0.717) is 6.08 Å². The Labute approximate surface area is 61.9 Å². The van der Waals surface area contributed by atoms with Gasteiger partial charge < -0.3 is 19.8 Å². The van der Waals surface area contributed by atoms with E-state index in [9.17, 15) is 24.6 Å². The molecule has 0 aliphatic carbocycles. The normalized spacial score (nSPS) is 9.82. The molecule has 0 rings (SSSR count). The van der Waals surface area contributed by atoms with E-state index in [0.717, 1.165) is 6.08 Å². The Balaban J connectivity index is 3.84. The molecule has 0 aromatic heterocycles. The first kappa shape index (κ1) is 9.35. The summed E-state index contributed by atoms with van der Waals surface area (Å²) in [6, 6.07) is 0. The number of hydrogen-bond acceptors (Lipinski definition) is 5. The van der Waals surface area contributed by atoms with Gasteiger partial charge >= 0.3 is 0 Å². The number of carbonyl (C=O) groups is 3. The van der Waals surface area contributed by atoms with Gasteiger partial charge in [-0.05, 0) is 6.08 Å². The molecule has 0 N–H and O–H groups in total. The van der Waals surface area contributed by atoms with Crippen molar-refractivity contribution >= 4 is 17.7 Å². The number of carboxylic acid groups (broad SMARTS) is 2. The molecule has 0 saturated heterocycles. The summed E-state index contributed by atoms with van der Waals surface area (Å²) in [7, 11) is 0. The van der Waals surface area contributed by atoms with Crippen LogP contribution < -0.4 is 10.2 Å². The highest BCUT2D eigenvalue weighted by Gasteiger charge is 1.93. The topological polar surface area (TPSA) is 97.3 Å². The fourth-order valence-electron chi connectivity index (χ4n) is 0.330. The van der Waals surface area contributed by atoms with Crippen LogP contribution in [0.4, 0.5) is 0 Å². The summed E-state index contributed by atoms with van der Waals surface area (Å²) in [6.45, 7) is 0. The van der Waals surface area contributed by atoms with Gasteiger partial charge in [0.05, 0.1) is 0 Å². The van der Waals surface area contributed by atoms with E-state index < -0.39 is 24.1 Å². The van der Waals surface area contributed by atoms with Crippen LogP contribution in [0, 0.1) is 0 Å². The zero-order valence-electron chi connectivity index (χ0n) is 5.40. The van der Waals surface area contributed by atoms with Crippen LogP contribution in [0.5, 0.6) is 0 Å². The number of aliphatic carboxylic acids is 2. The third-order valence-electron chi connectivity index (χ3n) is 0.755. The average Bonchev–Trinajstić information content (AvgIpc) is 1.86. The fraction of sp³-hybridized carbons (Fsp3) is 0.167. The smallest absolute Gasteiger partial charge is 0.200 e. The molecule has 0 bridgehead atoms. The zero-order valence-corrected chi connectivity index (χ0v) is 5.40. The molecule has 0 amide bonds. The molecule has 60 valence electrons. The quantitative estimate of drug-likeness (QED) is 0.319. The van der Waals surface area contributed by atoms with Crippen LogP contribution in [0.1, 0.15) is 6.42 Å². The van der Waals surface area contributed by atoms with Crippen molar-refractivity contribution in [2.24, 2.45) is 0 Å². The van der Waals surface area contributed by atoms with Crippen LogP contribution >= 0.6 is 0 Å². The summed E-state index contributed by atoms with van der Waals surface area (Å²) >= 11 is 0. The second-order valence-electron chi connectivity index (χ2n) is 1.63. The lowest BCUT2D eigenvalue weighted by Gasteiger charge is -1.94. The van der Waals surface area contributed by atoms with Crippen LogP contribution in [0.3, 0.4) is 0 Å². The molecule has 11 heavy (non-hydrogen) atoms. The molecule has 0 atom stereocenters. The minimum atomic E-state index is -1.86.